The highest BCUT2D eigenvalue weighted by atomic mass is 28.4. The summed E-state index contributed by atoms with van der Waals surface area (Å²) >= 11 is 0. The molecule has 0 aromatic carbocycles. The lowest BCUT2D eigenvalue weighted by Gasteiger charge is -2.35. The predicted octanol–water partition coefficient (Wildman–Crippen LogP) is 2.26. The highest BCUT2D eigenvalue weighted by Crippen LogP contribution is 2.36. The number of hydrogen-bond acceptors (Lipinski definition) is 8. The number of carbonyl (C=O) groups excluding carboxylic acids is 1. The number of methoxy groups -OCH3 is 1. The Morgan fingerprint density at radius 1 is 0.679 bits per heavy atom. The van der Waals surface area contributed by atoms with Gasteiger partial charge in [-0.25, -0.2) is 0 Å². The van der Waals surface area contributed by atoms with Crippen molar-refractivity contribution in [2.24, 2.45) is 0 Å². The van der Waals surface area contributed by atoms with Crippen LogP contribution in [-0.2, 0) is 37.6 Å². The molecule has 0 aliphatic heterocycles. The smallest absolute Gasteiger partial charge is 0.318 e. The van der Waals surface area contributed by atoms with Crippen LogP contribution in [0.5, 0.6) is 0 Å². The summed E-state index contributed by atoms with van der Waals surface area (Å²) in [6.45, 7) is 15.3. The van der Waals surface area contributed by atoms with Gasteiger partial charge < -0.3 is 32.8 Å². The molecule has 0 N–H and O–H groups in total. The second-order valence-electron chi connectivity index (χ2n) is 7.73. The first-order valence-corrected chi connectivity index (χ1v) is 12.7. The Labute approximate surface area is 171 Å². The summed E-state index contributed by atoms with van der Waals surface area (Å²) < 4.78 is 37.2. The quantitative estimate of drug-likeness (QED) is 0.245. The third-order valence-electron chi connectivity index (χ3n) is 4.31. The lowest BCUT2D eigenvalue weighted by Crippen LogP contribution is -2.43. The molecule has 0 spiro atoms. The lowest BCUT2D eigenvalue weighted by molar-refractivity contribution is -0.141. The third-order valence-corrected chi connectivity index (χ3v) is 8.67. The largest absolute Gasteiger partial charge is 0.517 e. The van der Waals surface area contributed by atoms with E-state index in [9.17, 15) is 4.79 Å². The fourth-order valence-electron chi connectivity index (χ4n) is 1.64. The summed E-state index contributed by atoms with van der Waals surface area (Å²) in [6.07, 6.45) is 0. The average Bonchev–Trinajstić information content (AvgIpc) is 2.60. The van der Waals surface area contributed by atoms with E-state index in [0.29, 0.717) is 66.1 Å². The highest BCUT2D eigenvalue weighted by molar-refractivity contribution is 6.75. The zero-order valence-corrected chi connectivity index (χ0v) is 19.5. The van der Waals surface area contributed by atoms with Gasteiger partial charge in [0.15, 0.2) is 0 Å². The van der Waals surface area contributed by atoms with Crippen LogP contribution in [0.4, 0.5) is 0 Å². The monoisotopic (exact) mass is 424 g/mol. The van der Waals surface area contributed by atoms with Crippen LogP contribution in [0.1, 0.15) is 20.8 Å². The summed E-state index contributed by atoms with van der Waals surface area (Å²) in [5, 5.41) is -0.00531. The minimum absolute atomic E-state index is 0.00531. The van der Waals surface area contributed by atoms with Gasteiger partial charge >= 0.3 is 5.97 Å². The van der Waals surface area contributed by atoms with Crippen LogP contribution in [0.15, 0.2) is 0 Å². The van der Waals surface area contributed by atoms with E-state index in [0.717, 1.165) is 0 Å². The molecule has 0 unspecified atom stereocenters. The van der Waals surface area contributed by atoms with Crippen molar-refractivity contribution in [2.75, 3.05) is 79.8 Å². The van der Waals surface area contributed by atoms with Crippen molar-refractivity contribution in [3.8, 4) is 0 Å². The van der Waals surface area contributed by atoms with Gasteiger partial charge in [-0.15, -0.1) is 0 Å². The third kappa shape index (κ3) is 15.4. The van der Waals surface area contributed by atoms with Gasteiger partial charge in [0.2, 0.25) is 0 Å². The van der Waals surface area contributed by atoms with Crippen LogP contribution in [0, 0.1) is 0 Å². The van der Waals surface area contributed by atoms with Crippen LogP contribution in [0.3, 0.4) is 0 Å². The Hall–Kier alpha value is -0.553. The minimum atomic E-state index is -2.08. The predicted molar refractivity (Wildman–Crippen MR) is 109 cm³/mol. The van der Waals surface area contributed by atoms with Crippen LogP contribution in [-0.4, -0.2) is 94.1 Å². The SMILES string of the molecule is COCCOCCOCCOCCOCCOCC(=O)O[Si](C)(C)C(C)(C)C. The van der Waals surface area contributed by atoms with E-state index in [2.05, 4.69) is 20.8 Å². The van der Waals surface area contributed by atoms with E-state index in [1.54, 1.807) is 7.11 Å². The van der Waals surface area contributed by atoms with E-state index >= 15 is 0 Å². The van der Waals surface area contributed by atoms with Gasteiger partial charge in [0.25, 0.3) is 8.32 Å². The zero-order chi connectivity index (χ0) is 21.3. The van der Waals surface area contributed by atoms with Gasteiger partial charge in [0, 0.05) is 7.11 Å². The number of rotatable bonds is 18. The van der Waals surface area contributed by atoms with Crippen LogP contribution >= 0.6 is 0 Å². The fourth-order valence-corrected chi connectivity index (χ4v) is 2.58. The van der Waals surface area contributed by atoms with Crippen molar-refractivity contribution in [1.29, 1.82) is 0 Å². The van der Waals surface area contributed by atoms with Crippen molar-refractivity contribution in [3.05, 3.63) is 0 Å². The summed E-state index contributed by atoms with van der Waals surface area (Å²) in [5.74, 6) is -0.306. The summed E-state index contributed by atoms with van der Waals surface area (Å²) in [6, 6.07) is 0. The van der Waals surface area contributed by atoms with Gasteiger partial charge in [-0.3, -0.25) is 4.79 Å². The van der Waals surface area contributed by atoms with Crippen molar-refractivity contribution >= 4 is 14.3 Å². The van der Waals surface area contributed by atoms with Crippen LogP contribution in [0.25, 0.3) is 0 Å². The zero-order valence-electron chi connectivity index (χ0n) is 18.5. The van der Waals surface area contributed by atoms with Gasteiger partial charge in [-0.2, -0.15) is 0 Å². The second-order valence-corrected chi connectivity index (χ2v) is 12.5. The number of carbonyl (C=O) groups is 1. The Morgan fingerprint density at radius 3 is 1.39 bits per heavy atom. The number of hydrogen-bond donors (Lipinski definition) is 0. The summed E-state index contributed by atoms with van der Waals surface area (Å²) in [7, 11) is -0.438. The Balaban J connectivity index is 3.35. The molecule has 0 saturated carbocycles. The maximum atomic E-state index is 11.9. The highest BCUT2D eigenvalue weighted by Gasteiger charge is 2.40. The molecule has 0 aliphatic carbocycles. The molecule has 0 rings (SSSR count). The molecule has 168 valence electrons. The Morgan fingerprint density at radius 2 is 1.04 bits per heavy atom. The van der Waals surface area contributed by atoms with Crippen molar-refractivity contribution in [1.82, 2.24) is 0 Å². The molecule has 0 radical (unpaired) electrons. The topological polar surface area (TPSA) is 81.7 Å². The molecule has 0 bridgehead atoms. The normalized spacial score (nSPS) is 12.4. The van der Waals surface area contributed by atoms with Crippen molar-refractivity contribution < 1.29 is 37.6 Å². The Kier molecular flexibility index (Phi) is 15.9. The van der Waals surface area contributed by atoms with E-state index in [-0.39, 0.29) is 17.6 Å². The van der Waals surface area contributed by atoms with Gasteiger partial charge in [0.05, 0.1) is 66.1 Å². The molecule has 0 amide bonds. The molecule has 0 saturated heterocycles. The molecule has 0 atom stereocenters. The lowest BCUT2D eigenvalue weighted by atomic mass is 10.2. The molecular weight excluding hydrogens is 384 g/mol. The molecule has 0 aromatic rings. The first-order valence-electron chi connectivity index (χ1n) is 9.80. The maximum absolute atomic E-state index is 11.9. The average molecular weight is 425 g/mol. The number of ether oxygens (including phenoxy) is 6. The maximum Gasteiger partial charge on any atom is 0.318 e. The van der Waals surface area contributed by atoms with Crippen LogP contribution in [0.2, 0.25) is 18.1 Å². The van der Waals surface area contributed by atoms with Gasteiger partial charge in [0.1, 0.15) is 6.61 Å². The van der Waals surface area contributed by atoms with Crippen LogP contribution < -0.4 is 0 Å². The van der Waals surface area contributed by atoms with Gasteiger partial charge in [-0.1, -0.05) is 20.8 Å². The van der Waals surface area contributed by atoms with E-state index in [1.807, 2.05) is 13.1 Å². The van der Waals surface area contributed by atoms with Crippen molar-refractivity contribution in [2.45, 2.75) is 38.9 Å². The molecular formula is C19H40O8Si. The molecule has 28 heavy (non-hydrogen) atoms. The molecule has 0 aromatic heterocycles. The standard InChI is InChI=1S/C19H40O8Si/c1-19(2,3)28(5,6)27-18(20)17-26-16-15-25-14-13-24-12-11-23-10-9-22-8-7-21-4/h7-17H2,1-6H3. The molecule has 0 fully saturated rings. The summed E-state index contributed by atoms with van der Waals surface area (Å²) in [4.78, 5) is 11.9. The second kappa shape index (κ2) is 16.3. The van der Waals surface area contributed by atoms with E-state index < -0.39 is 8.32 Å². The molecule has 0 aliphatic rings. The van der Waals surface area contributed by atoms with E-state index in [1.165, 1.54) is 0 Å². The Bertz CT molecular complexity index is 385. The molecule has 0 heterocycles. The first-order chi connectivity index (χ1) is 13.2. The van der Waals surface area contributed by atoms with Gasteiger partial charge in [-0.05, 0) is 18.1 Å². The molecule has 8 nitrogen and oxygen atoms in total. The summed E-state index contributed by atoms with van der Waals surface area (Å²) in [5.41, 5.74) is 0. The van der Waals surface area contributed by atoms with E-state index in [4.69, 9.17) is 32.8 Å². The first kappa shape index (κ1) is 27.4. The fraction of sp³-hybridized carbons (Fsp3) is 0.947. The minimum Gasteiger partial charge on any atom is -0.517 e. The molecule has 9 heteroatoms. The van der Waals surface area contributed by atoms with Crippen molar-refractivity contribution in [3.63, 3.8) is 0 Å².